The van der Waals surface area contributed by atoms with Crippen LogP contribution in [0.1, 0.15) is 63.9 Å². The summed E-state index contributed by atoms with van der Waals surface area (Å²) < 4.78 is 8.36. The summed E-state index contributed by atoms with van der Waals surface area (Å²) in [6.07, 6.45) is 0.853. The van der Waals surface area contributed by atoms with E-state index in [-0.39, 0.29) is 5.91 Å². The van der Waals surface area contributed by atoms with Crippen molar-refractivity contribution < 1.29 is 9.53 Å². The molecule has 1 aromatic heterocycles. The Balaban J connectivity index is 1.70. The molecule has 3 aromatic rings. The molecule has 0 aliphatic heterocycles. The number of para-hydroxylation sites is 2. The van der Waals surface area contributed by atoms with Crippen molar-refractivity contribution >= 4 is 16.9 Å². The van der Waals surface area contributed by atoms with Crippen LogP contribution in [0.4, 0.5) is 0 Å². The number of hydrogen-bond acceptors (Lipinski definition) is 3. The van der Waals surface area contributed by atoms with Gasteiger partial charge >= 0.3 is 0 Å². The van der Waals surface area contributed by atoms with Gasteiger partial charge in [-0.05, 0) is 48.6 Å². The van der Waals surface area contributed by atoms with Gasteiger partial charge in [0.15, 0.2) is 0 Å². The Morgan fingerprint density at radius 3 is 2.61 bits per heavy atom. The maximum absolute atomic E-state index is 12.3. The van der Waals surface area contributed by atoms with Crippen molar-refractivity contribution in [3.8, 4) is 5.75 Å². The Labute approximate surface area is 185 Å². The van der Waals surface area contributed by atoms with Crippen molar-refractivity contribution in [1.29, 1.82) is 0 Å². The lowest BCUT2D eigenvalue weighted by Gasteiger charge is -2.18. The SMILES string of the molecule is Cc1ccc(C(C)C)c(OCCCn2c(CNC(=O)C(C)(C)C)nc3ccccc32)c1. The van der Waals surface area contributed by atoms with Crippen LogP contribution < -0.4 is 10.1 Å². The molecule has 31 heavy (non-hydrogen) atoms. The summed E-state index contributed by atoms with van der Waals surface area (Å²) in [6.45, 7) is 14.0. The van der Waals surface area contributed by atoms with E-state index < -0.39 is 5.41 Å². The predicted molar refractivity (Wildman–Crippen MR) is 126 cm³/mol. The molecule has 0 spiro atoms. The molecule has 1 N–H and O–H groups in total. The van der Waals surface area contributed by atoms with E-state index in [2.05, 4.69) is 54.9 Å². The van der Waals surface area contributed by atoms with Gasteiger partial charge in [-0.1, -0.05) is 58.9 Å². The average molecular weight is 422 g/mol. The Morgan fingerprint density at radius 2 is 1.90 bits per heavy atom. The van der Waals surface area contributed by atoms with Crippen molar-refractivity contribution in [2.45, 2.75) is 67.0 Å². The third-order valence-electron chi connectivity index (χ3n) is 5.40. The van der Waals surface area contributed by atoms with E-state index in [1.54, 1.807) is 0 Å². The summed E-state index contributed by atoms with van der Waals surface area (Å²) in [5, 5.41) is 3.03. The topological polar surface area (TPSA) is 56.1 Å². The second-order valence-corrected chi connectivity index (χ2v) is 9.50. The molecule has 5 heteroatoms. The lowest BCUT2D eigenvalue weighted by Crippen LogP contribution is -2.35. The second kappa shape index (κ2) is 9.54. The smallest absolute Gasteiger partial charge is 0.225 e. The lowest BCUT2D eigenvalue weighted by molar-refractivity contribution is -0.128. The van der Waals surface area contributed by atoms with Gasteiger partial charge in [-0.15, -0.1) is 0 Å². The van der Waals surface area contributed by atoms with Crippen molar-refractivity contribution in [3.63, 3.8) is 0 Å². The fraction of sp³-hybridized carbons (Fsp3) is 0.462. The molecule has 0 radical (unpaired) electrons. The van der Waals surface area contributed by atoms with Crippen LogP contribution in [0.25, 0.3) is 11.0 Å². The third-order valence-corrected chi connectivity index (χ3v) is 5.40. The van der Waals surface area contributed by atoms with Crippen LogP contribution in [0.15, 0.2) is 42.5 Å². The first-order chi connectivity index (χ1) is 14.7. The Bertz CT molecular complexity index is 1040. The molecular formula is C26H35N3O2. The number of aromatic nitrogens is 2. The normalized spacial score (nSPS) is 11.8. The molecule has 3 rings (SSSR count). The first-order valence-electron chi connectivity index (χ1n) is 11.1. The molecule has 1 amide bonds. The summed E-state index contributed by atoms with van der Waals surface area (Å²) in [4.78, 5) is 17.1. The van der Waals surface area contributed by atoms with E-state index in [1.807, 2.05) is 39.0 Å². The van der Waals surface area contributed by atoms with E-state index in [1.165, 1.54) is 11.1 Å². The molecule has 0 aliphatic rings. The standard InChI is InChI=1S/C26H35N3O2/c1-18(2)20-13-12-19(3)16-23(20)31-15-9-14-29-22-11-8-7-10-21(22)28-24(29)17-27-25(30)26(4,5)6/h7-8,10-13,16,18H,9,14-15,17H2,1-6H3,(H,27,30). The zero-order chi connectivity index (χ0) is 22.6. The van der Waals surface area contributed by atoms with Gasteiger partial charge < -0.3 is 14.6 Å². The fourth-order valence-corrected chi connectivity index (χ4v) is 3.58. The molecule has 0 bridgehead atoms. The summed E-state index contributed by atoms with van der Waals surface area (Å²) >= 11 is 0. The first-order valence-corrected chi connectivity index (χ1v) is 11.1. The summed E-state index contributed by atoms with van der Waals surface area (Å²) in [7, 11) is 0. The number of nitrogens with zero attached hydrogens (tertiary/aromatic N) is 2. The van der Waals surface area contributed by atoms with E-state index in [0.717, 1.165) is 35.6 Å². The van der Waals surface area contributed by atoms with E-state index in [9.17, 15) is 4.79 Å². The van der Waals surface area contributed by atoms with Gasteiger partial charge in [0.2, 0.25) is 5.91 Å². The number of carbonyl (C=O) groups excluding carboxylic acids is 1. The number of ether oxygens (including phenoxy) is 1. The van der Waals surface area contributed by atoms with Crippen LogP contribution in [0, 0.1) is 12.3 Å². The van der Waals surface area contributed by atoms with Crippen LogP contribution in [0.5, 0.6) is 5.75 Å². The van der Waals surface area contributed by atoms with Crippen LogP contribution in [-0.2, 0) is 17.9 Å². The summed E-state index contributed by atoms with van der Waals surface area (Å²) in [5.41, 5.74) is 4.05. The largest absolute Gasteiger partial charge is 0.493 e. The van der Waals surface area contributed by atoms with Crippen molar-refractivity contribution in [3.05, 3.63) is 59.4 Å². The Kier molecular flexibility index (Phi) is 7.04. The predicted octanol–water partition coefficient (Wildman–Crippen LogP) is 5.60. The highest BCUT2D eigenvalue weighted by Gasteiger charge is 2.21. The van der Waals surface area contributed by atoms with Crippen molar-refractivity contribution in [2.75, 3.05) is 6.61 Å². The van der Waals surface area contributed by atoms with E-state index in [0.29, 0.717) is 19.1 Å². The van der Waals surface area contributed by atoms with Gasteiger partial charge in [-0.2, -0.15) is 0 Å². The van der Waals surface area contributed by atoms with Crippen LogP contribution in [0.2, 0.25) is 0 Å². The molecule has 166 valence electrons. The van der Waals surface area contributed by atoms with Gasteiger partial charge in [0.1, 0.15) is 11.6 Å². The molecule has 0 saturated carbocycles. The molecule has 5 nitrogen and oxygen atoms in total. The van der Waals surface area contributed by atoms with Crippen LogP contribution in [-0.4, -0.2) is 22.1 Å². The van der Waals surface area contributed by atoms with Gasteiger partial charge in [0, 0.05) is 12.0 Å². The molecule has 0 aliphatic carbocycles. The van der Waals surface area contributed by atoms with Crippen LogP contribution >= 0.6 is 0 Å². The molecule has 0 unspecified atom stereocenters. The molecular weight excluding hydrogens is 386 g/mol. The number of nitrogens with one attached hydrogen (secondary N) is 1. The molecule has 0 atom stereocenters. The fourth-order valence-electron chi connectivity index (χ4n) is 3.58. The second-order valence-electron chi connectivity index (χ2n) is 9.50. The summed E-state index contributed by atoms with van der Waals surface area (Å²) in [6, 6.07) is 14.5. The number of amides is 1. The highest BCUT2D eigenvalue weighted by Crippen LogP contribution is 2.27. The van der Waals surface area contributed by atoms with Crippen molar-refractivity contribution in [2.24, 2.45) is 5.41 Å². The quantitative estimate of drug-likeness (QED) is 0.482. The third kappa shape index (κ3) is 5.66. The van der Waals surface area contributed by atoms with Crippen LogP contribution in [0.3, 0.4) is 0 Å². The van der Waals surface area contributed by atoms with E-state index in [4.69, 9.17) is 9.72 Å². The van der Waals surface area contributed by atoms with Gasteiger partial charge in [0.25, 0.3) is 0 Å². The molecule has 0 saturated heterocycles. The maximum atomic E-state index is 12.3. The van der Waals surface area contributed by atoms with E-state index >= 15 is 0 Å². The first kappa shape index (κ1) is 22.9. The number of aryl methyl sites for hydroxylation is 2. The minimum Gasteiger partial charge on any atom is -0.493 e. The number of benzene rings is 2. The number of fused-ring (bicyclic) bond motifs is 1. The Morgan fingerprint density at radius 1 is 1.16 bits per heavy atom. The highest BCUT2D eigenvalue weighted by molar-refractivity contribution is 5.81. The molecule has 0 fully saturated rings. The number of rotatable bonds is 8. The average Bonchev–Trinajstić information content (AvgIpc) is 3.06. The Hall–Kier alpha value is -2.82. The summed E-state index contributed by atoms with van der Waals surface area (Å²) in [5.74, 6) is 2.29. The maximum Gasteiger partial charge on any atom is 0.225 e. The molecule has 1 heterocycles. The molecule has 2 aromatic carbocycles. The minimum atomic E-state index is -0.424. The van der Waals surface area contributed by atoms with Gasteiger partial charge in [-0.25, -0.2) is 4.98 Å². The van der Waals surface area contributed by atoms with Crippen molar-refractivity contribution in [1.82, 2.24) is 14.9 Å². The number of hydrogen-bond donors (Lipinski definition) is 1. The lowest BCUT2D eigenvalue weighted by atomic mass is 9.96. The zero-order valence-corrected chi connectivity index (χ0v) is 19.7. The minimum absolute atomic E-state index is 0.0232. The number of imidazole rings is 1. The number of carbonyl (C=O) groups is 1. The highest BCUT2D eigenvalue weighted by atomic mass is 16.5. The van der Waals surface area contributed by atoms with Gasteiger partial charge in [-0.3, -0.25) is 4.79 Å². The van der Waals surface area contributed by atoms with Gasteiger partial charge in [0.05, 0.1) is 24.2 Å². The zero-order valence-electron chi connectivity index (χ0n) is 19.7. The monoisotopic (exact) mass is 421 g/mol.